The Bertz CT molecular complexity index is 33.8. The number of hydrogen-bond donors (Lipinski definition) is 3. The minimum absolute atomic E-state index is 0. The molecule has 0 aliphatic carbocycles. The van der Waals surface area contributed by atoms with E-state index in [9.17, 15) is 0 Å². The van der Waals surface area contributed by atoms with Crippen molar-refractivity contribution in [2.24, 2.45) is 11.5 Å². The molecule has 0 heterocycles. The first kappa shape index (κ1) is 15.8. The van der Waals surface area contributed by atoms with E-state index in [4.69, 9.17) is 5.41 Å². The van der Waals surface area contributed by atoms with Crippen LogP contribution in [0.15, 0.2) is 0 Å². The summed E-state index contributed by atoms with van der Waals surface area (Å²) in [5.74, 6) is -0.333. The summed E-state index contributed by atoms with van der Waals surface area (Å²) in [6, 6.07) is 0. The van der Waals surface area contributed by atoms with Gasteiger partial charge in [-0.05, 0) is 0 Å². The van der Waals surface area contributed by atoms with Crippen LogP contribution in [-0.2, 0) is 0 Å². The Hall–Kier alpha value is 0.820. The van der Waals surface area contributed by atoms with Gasteiger partial charge in [0.25, 0.3) is 0 Å². The first-order valence-corrected chi connectivity index (χ1v) is 0.827. The van der Waals surface area contributed by atoms with Gasteiger partial charge >= 0.3 is 37.7 Å². The molecule has 0 aliphatic heterocycles. The molecular weight excluding hydrogens is 130 g/mol. The normalized spacial score (nSPS) is 4.00. The van der Waals surface area contributed by atoms with Crippen molar-refractivity contribution in [3.63, 3.8) is 0 Å². The molecule has 0 atom stereocenters. The summed E-state index contributed by atoms with van der Waals surface area (Å²) < 4.78 is 0. The molecule has 0 saturated heterocycles. The second-order valence-corrected chi connectivity index (χ2v) is 0.455. The third kappa shape index (κ3) is 105. The first-order chi connectivity index (χ1) is 1.73. The van der Waals surface area contributed by atoms with Crippen molar-refractivity contribution >= 4 is 56.1 Å². The van der Waals surface area contributed by atoms with Crippen LogP contribution in [-0.4, -0.2) is 43.7 Å². The molecule has 0 spiro atoms. The Balaban J connectivity index is -0.0000000450. The molecule has 0 radical (unpaired) electrons. The van der Waals surface area contributed by atoms with E-state index < -0.39 is 0 Å². The van der Waals surface area contributed by atoms with Crippen molar-refractivity contribution in [2.75, 3.05) is 0 Å². The molecule has 0 aromatic carbocycles. The van der Waals surface area contributed by atoms with E-state index in [0.29, 0.717) is 0 Å². The van der Waals surface area contributed by atoms with Crippen LogP contribution in [0.5, 0.6) is 0 Å². The number of halogens is 1. The maximum absolute atomic E-state index is 6.06. The molecule has 0 fully saturated rings. The third-order valence-corrected chi connectivity index (χ3v) is 0. The molecule has 0 saturated carbocycles. The van der Waals surface area contributed by atoms with Gasteiger partial charge in [0.05, 0.1) is 0 Å². The van der Waals surface area contributed by atoms with Gasteiger partial charge in [0.2, 0.25) is 0 Å². The van der Waals surface area contributed by atoms with E-state index in [1.165, 1.54) is 0 Å². The molecule has 0 amide bonds. The molecule has 0 bridgehead atoms. The third-order valence-electron chi connectivity index (χ3n) is 0. The molecule has 3 nitrogen and oxygen atoms in total. The molecule has 6 heavy (non-hydrogen) atoms. The summed E-state index contributed by atoms with van der Waals surface area (Å²) in [5.41, 5.74) is 8.94. The zero-order valence-corrected chi connectivity index (χ0v) is 3.38. The van der Waals surface area contributed by atoms with E-state index >= 15 is 0 Å². The molecule has 36 valence electrons. The zero-order valence-electron chi connectivity index (χ0n) is 2.56. The summed E-state index contributed by atoms with van der Waals surface area (Å²) in [7, 11) is 0. The van der Waals surface area contributed by atoms with Crippen LogP contribution in [0, 0.1) is 5.41 Å². The summed E-state index contributed by atoms with van der Waals surface area (Å²) in [5, 5.41) is 6.06. The zero-order chi connectivity index (χ0) is 3.58. The van der Waals surface area contributed by atoms with Crippen LogP contribution in [0.4, 0.5) is 0 Å². The van der Waals surface area contributed by atoms with Crippen molar-refractivity contribution < 1.29 is 0 Å². The van der Waals surface area contributed by atoms with E-state index in [2.05, 4.69) is 11.5 Å². The number of nitrogens with one attached hydrogen (secondary N) is 1. The van der Waals surface area contributed by atoms with Crippen molar-refractivity contribution in [1.82, 2.24) is 0 Å². The molecule has 0 aromatic rings. The topological polar surface area (TPSA) is 75.9 Å². The van der Waals surface area contributed by atoms with E-state index in [1.807, 2.05) is 0 Å². The van der Waals surface area contributed by atoms with Crippen molar-refractivity contribution in [3.05, 3.63) is 0 Å². The molecule has 0 aromatic heterocycles. The summed E-state index contributed by atoms with van der Waals surface area (Å²) in [6.45, 7) is 0. The van der Waals surface area contributed by atoms with Gasteiger partial charge in [-0.3, -0.25) is 5.41 Å². The first-order valence-electron chi connectivity index (χ1n) is 0.827. The number of hydrogen-bond acceptors (Lipinski definition) is 1. The molecule has 5 N–H and O–H groups in total. The maximum atomic E-state index is 6.06. The standard InChI is InChI=1S/CH5N3.Ca.ClH.2H/c2-1(3)4;;;;/h(H5,2,3,4);;1H;;. The summed E-state index contributed by atoms with van der Waals surface area (Å²) >= 11 is 0. The van der Waals surface area contributed by atoms with Gasteiger partial charge in [-0.1, -0.05) is 0 Å². The second kappa shape index (κ2) is 9.27. The number of rotatable bonds is 0. The quantitative estimate of drug-likeness (QED) is 0.213. The van der Waals surface area contributed by atoms with Gasteiger partial charge in [-0.25, -0.2) is 0 Å². The van der Waals surface area contributed by atoms with Gasteiger partial charge in [-0.15, -0.1) is 12.4 Å². The van der Waals surface area contributed by atoms with Crippen molar-refractivity contribution in [1.29, 1.82) is 5.41 Å². The fraction of sp³-hybridized carbons (Fsp3) is 0. The van der Waals surface area contributed by atoms with Gasteiger partial charge in [0.15, 0.2) is 5.96 Å². The SMILES string of the molecule is Cl.N=C(N)N.[CaH2]. The van der Waals surface area contributed by atoms with E-state index in [-0.39, 0.29) is 56.1 Å². The average molecular weight is 138 g/mol. The second-order valence-electron chi connectivity index (χ2n) is 0.455. The summed E-state index contributed by atoms with van der Waals surface area (Å²) in [4.78, 5) is 0. The number of nitrogens with two attached hydrogens (primary N) is 2. The van der Waals surface area contributed by atoms with E-state index in [0.717, 1.165) is 0 Å². The Kier molecular flexibility index (Phi) is 24.4. The van der Waals surface area contributed by atoms with Crippen LogP contribution in [0.3, 0.4) is 0 Å². The van der Waals surface area contributed by atoms with Gasteiger partial charge in [-0.2, -0.15) is 0 Å². The average Bonchev–Trinajstić information content (AvgIpc) is 0.811. The van der Waals surface area contributed by atoms with Crippen LogP contribution >= 0.6 is 12.4 Å². The van der Waals surface area contributed by atoms with Crippen LogP contribution in [0.2, 0.25) is 0 Å². The molecule has 0 aliphatic rings. The Morgan fingerprint density at radius 1 is 1.33 bits per heavy atom. The molecular formula is CH8CaClN3. The van der Waals surface area contributed by atoms with Crippen molar-refractivity contribution in [3.8, 4) is 0 Å². The van der Waals surface area contributed by atoms with E-state index in [1.54, 1.807) is 0 Å². The molecule has 0 rings (SSSR count). The Labute approximate surface area is 72.4 Å². The molecule has 0 unspecified atom stereocenters. The Morgan fingerprint density at radius 2 is 1.33 bits per heavy atom. The molecule has 5 heteroatoms. The Morgan fingerprint density at radius 3 is 1.33 bits per heavy atom. The van der Waals surface area contributed by atoms with Gasteiger partial charge in [0.1, 0.15) is 0 Å². The fourth-order valence-corrected chi connectivity index (χ4v) is 0. The van der Waals surface area contributed by atoms with Crippen molar-refractivity contribution in [2.45, 2.75) is 0 Å². The summed E-state index contributed by atoms with van der Waals surface area (Å²) in [6.07, 6.45) is 0. The number of guanidine groups is 1. The monoisotopic (exact) mass is 137 g/mol. The van der Waals surface area contributed by atoms with Crippen LogP contribution in [0.1, 0.15) is 0 Å². The van der Waals surface area contributed by atoms with Crippen LogP contribution in [0.25, 0.3) is 0 Å². The van der Waals surface area contributed by atoms with Gasteiger partial charge in [0, 0.05) is 0 Å². The van der Waals surface area contributed by atoms with Crippen LogP contribution < -0.4 is 11.5 Å². The minimum atomic E-state index is -0.333. The van der Waals surface area contributed by atoms with Gasteiger partial charge < -0.3 is 11.5 Å². The fourth-order valence-electron chi connectivity index (χ4n) is 0. The predicted molar refractivity (Wildman–Crippen MR) is 31.9 cm³/mol. The predicted octanol–water partition coefficient (Wildman–Crippen LogP) is -1.66.